The van der Waals surface area contributed by atoms with E-state index in [-0.39, 0.29) is 18.5 Å². The van der Waals surface area contributed by atoms with Crippen molar-refractivity contribution in [3.63, 3.8) is 0 Å². The zero-order valence-corrected chi connectivity index (χ0v) is 20.8. The molecule has 0 N–H and O–H groups in total. The number of hydrogen-bond donors (Lipinski definition) is 0. The van der Waals surface area contributed by atoms with Crippen LogP contribution in [0.3, 0.4) is 0 Å². The fourth-order valence-electron chi connectivity index (χ4n) is 4.64. The average Bonchev–Trinajstić information content (AvgIpc) is 3.31. The Labute approximate surface area is 207 Å². The molecule has 2 aromatic rings. The summed E-state index contributed by atoms with van der Waals surface area (Å²) in [6.45, 7) is 8.53. The van der Waals surface area contributed by atoms with Gasteiger partial charge >= 0.3 is 0 Å². The van der Waals surface area contributed by atoms with Crippen LogP contribution in [0.4, 0.5) is 0 Å². The van der Waals surface area contributed by atoms with E-state index in [4.69, 9.17) is 28.4 Å². The fourth-order valence-corrected chi connectivity index (χ4v) is 4.64. The maximum atomic E-state index is 12.6. The van der Waals surface area contributed by atoms with E-state index in [9.17, 15) is 4.79 Å². The number of Topliss-reactive ketones (excluding diaryl/α,β-unsaturated/α-hetero) is 1. The summed E-state index contributed by atoms with van der Waals surface area (Å²) in [4.78, 5) is 12.6. The second-order valence-electron chi connectivity index (χ2n) is 8.71. The molecule has 1 atom stereocenters. The van der Waals surface area contributed by atoms with Gasteiger partial charge in [0.05, 0.1) is 33.0 Å². The van der Waals surface area contributed by atoms with E-state index >= 15 is 0 Å². The maximum absolute atomic E-state index is 12.6. The Morgan fingerprint density at radius 1 is 0.857 bits per heavy atom. The van der Waals surface area contributed by atoms with Crippen LogP contribution in [0.25, 0.3) is 0 Å². The predicted octanol–water partition coefficient (Wildman–Crippen LogP) is 4.46. The minimum Gasteiger partial charge on any atom is -0.494 e. The Balaban J connectivity index is 1.37. The SMILES string of the molecule is CCOCCOCCOCCCc1ccc(C2CC(=O)Cc3cc4c(cc32)OCO4)c(OCC)c1. The number of fused-ring (bicyclic) bond motifs is 2. The first kappa shape index (κ1) is 25.5. The molecule has 0 fully saturated rings. The van der Waals surface area contributed by atoms with Crippen LogP contribution in [0.15, 0.2) is 30.3 Å². The van der Waals surface area contributed by atoms with Crippen molar-refractivity contribution in [1.82, 2.24) is 0 Å². The summed E-state index contributed by atoms with van der Waals surface area (Å²) in [5, 5.41) is 0. The van der Waals surface area contributed by atoms with Crippen LogP contribution >= 0.6 is 0 Å². The maximum Gasteiger partial charge on any atom is 0.231 e. The molecule has 0 radical (unpaired) electrons. The van der Waals surface area contributed by atoms with Crippen molar-refractivity contribution in [2.24, 2.45) is 0 Å². The standard InChI is InChI=1S/C28H36O7/c1-3-30-10-11-32-13-12-31-9-5-6-20-7-8-23(26(14-20)33-4-2)25-17-22(29)15-21-16-27-28(18-24(21)25)35-19-34-27/h7-8,14,16,18,25H,3-6,9-13,15,17,19H2,1-2H3. The summed E-state index contributed by atoms with van der Waals surface area (Å²) in [5.74, 6) is 2.49. The van der Waals surface area contributed by atoms with Gasteiger partial charge in [0.25, 0.3) is 0 Å². The first-order valence-electron chi connectivity index (χ1n) is 12.6. The quantitative estimate of drug-likeness (QED) is 0.367. The molecule has 4 rings (SSSR count). The highest BCUT2D eigenvalue weighted by Gasteiger charge is 2.31. The van der Waals surface area contributed by atoms with E-state index in [0.29, 0.717) is 59.1 Å². The molecule has 0 aromatic heterocycles. The molecule has 190 valence electrons. The molecule has 1 unspecified atom stereocenters. The van der Waals surface area contributed by atoms with Gasteiger partial charge in [0.2, 0.25) is 6.79 Å². The lowest BCUT2D eigenvalue weighted by Crippen LogP contribution is -2.20. The molecular weight excluding hydrogens is 448 g/mol. The average molecular weight is 485 g/mol. The summed E-state index contributed by atoms with van der Waals surface area (Å²) in [7, 11) is 0. The van der Waals surface area contributed by atoms with Gasteiger partial charge < -0.3 is 28.4 Å². The summed E-state index contributed by atoms with van der Waals surface area (Å²) in [6.07, 6.45) is 2.71. The number of hydrogen-bond acceptors (Lipinski definition) is 7. The third-order valence-electron chi connectivity index (χ3n) is 6.28. The Morgan fingerprint density at radius 2 is 1.60 bits per heavy atom. The molecule has 0 saturated heterocycles. The molecule has 35 heavy (non-hydrogen) atoms. The lowest BCUT2D eigenvalue weighted by molar-refractivity contribution is -0.119. The highest BCUT2D eigenvalue weighted by molar-refractivity contribution is 5.85. The van der Waals surface area contributed by atoms with Crippen molar-refractivity contribution in [3.05, 3.63) is 52.6 Å². The molecule has 0 amide bonds. The molecule has 2 aromatic carbocycles. The monoisotopic (exact) mass is 484 g/mol. The predicted molar refractivity (Wildman–Crippen MR) is 132 cm³/mol. The first-order valence-corrected chi connectivity index (χ1v) is 12.6. The van der Waals surface area contributed by atoms with Gasteiger partial charge in [-0.3, -0.25) is 4.79 Å². The lowest BCUT2D eigenvalue weighted by Gasteiger charge is -2.27. The molecule has 2 aliphatic rings. The Bertz CT molecular complexity index is 988. The second kappa shape index (κ2) is 12.9. The van der Waals surface area contributed by atoms with Gasteiger partial charge in [0.15, 0.2) is 11.5 Å². The molecule has 0 spiro atoms. The summed E-state index contributed by atoms with van der Waals surface area (Å²) >= 11 is 0. The van der Waals surface area contributed by atoms with Crippen molar-refractivity contribution < 1.29 is 33.2 Å². The number of ether oxygens (including phenoxy) is 6. The number of carbonyl (C=O) groups is 1. The van der Waals surface area contributed by atoms with E-state index in [1.807, 2.05) is 26.0 Å². The molecule has 7 nitrogen and oxygen atoms in total. The van der Waals surface area contributed by atoms with E-state index < -0.39 is 0 Å². The summed E-state index contributed by atoms with van der Waals surface area (Å²) in [5.41, 5.74) is 4.38. The summed E-state index contributed by atoms with van der Waals surface area (Å²) in [6, 6.07) is 10.4. The largest absolute Gasteiger partial charge is 0.494 e. The van der Waals surface area contributed by atoms with Crippen LogP contribution in [0, 0.1) is 0 Å². The van der Waals surface area contributed by atoms with Crippen molar-refractivity contribution in [3.8, 4) is 17.2 Å². The highest BCUT2D eigenvalue weighted by Crippen LogP contribution is 2.45. The van der Waals surface area contributed by atoms with E-state index in [1.54, 1.807) is 0 Å². The lowest BCUT2D eigenvalue weighted by atomic mass is 9.77. The van der Waals surface area contributed by atoms with E-state index in [0.717, 1.165) is 46.8 Å². The number of benzene rings is 2. The third-order valence-corrected chi connectivity index (χ3v) is 6.28. The Hall–Kier alpha value is -2.61. The Kier molecular flexibility index (Phi) is 9.40. The molecule has 7 heteroatoms. The van der Waals surface area contributed by atoms with E-state index in [2.05, 4.69) is 18.2 Å². The second-order valence-corrected chi connectivity index (χ2v) is 8.71. The fraction of sp³-hybridized carbons (Fsp3) is 0.536. The number of rotatable bonds is 14. The van der Waals surface area contributed by atoms with Crippen LogP contribution in [0.2, 0.25) is 0 Å². The van der Waals surface area contributed by atoms with Gasteiger partial charge in [0, 0.05) is 37.5 Å². The van der Waals surface area contributed by atoms with Crippen LogP contribution in [0.1, 0.15) is 54.9 Å². The molecule has 1 aliphatic carbocycles. The Morgan fingerprint density at radius 3 is 2.37 bits per heavy atom. The van der Waals surface area contributed by atoms with E-state index in [1.165, 1.54) is 5.56 Å². The van der Waals surface area contributed by atoms with Gasteiger partial charge in [-0.05, 0) is 61.6 Å². The first-order chi connectivity index (χ1) is 17.2. The van der Waals surface area contributed by atoms with Gasteiger partial charge in [-0.1, -0.05) is 12.1 Å². The number of carbonyl (C=O) groups excluding carboxylic acids is 1. The topological polar surface area (TPSA) is 72.5 Å². The van der Waals surface area contributed by atoms with Crippen LogP contribution in [0.5, 0.6) is 17.2 Å². The molecule has 0 saturated carbocycles. The minimum atomic E-state index is -0.0533. The van der Waals surface area contributed by atoms with Crippen molar-refractivity contribution in [2.45, 2.75) is 45.4 Å². The van der Waals surface area contributed by atoms with Gasteiger partial charge in [-0.25, -0.2) is 0 Å². The molecule has 1 aliphatic heterocycles. The molecule has 0 bridgehead atoms. The zero-order valence-electron chi connectivity index (χ0n) is 20.8. The van der Waals surface area contributed by atoms with Gasteiger partial charge in [0.1, 0.15) is 11.5 Å². The smallest absolute Gasteiger partial charge is 0.231 e. The van der Waals surface area contributed by atoms with Crippen LogP contribution in [-0.2, 0) is 31.8 Å². The number of aryl methyl sites for hydroxylation is 1. The minimum absolute atomic E-state index is 0.0533. The van der Waals surface area contributed by atoms with Gasteiger partial charge in [-0.15, -0.1) is 0 Å². The third kappa shape index (κ3) is 6.75. The number of ketones is 1. The molecule has 1 heterocycles. The van der Waals surface area contributed by atoms with Gasteiger partial charge in [-0.2, -0.15) is 0 Å². The molecular formula is C28H36O7. The van der Waals surface area contributed by atoms with Crippen molar-refractivity contribution in [2.75, 3.05) is 53.0 Å². The van der Waals surface area contributed by atoms with Crippen molar-refractivity contribution in [1.29, 1.82) is 0 Å². The zero-order chi connectivity index (χ0) is 24.5. The van der Waals surface area contributed by atoms with Crippen LogP contribution in [-0.4, -0.2) is 58.8 Å². The highest BCUT2D eigenvalue weighted by atomic mass is 16.7. The normalized spacial score (nSPS) is 16.4. The van der Waals surface area contributed by atoms with Crippen molar-refractivity contribution >= 4 is 5.78 Å². The van der Waals surface area contributed by atoms with Crippen LogP contribution < -0.4 is 14.2 Å². The summed E-state index contributed by atoms with van der Waals surface area (Å²) < 4.78 is 33.6.